The van der Waals surface area contributed by atoms with Gasteiger partial charge in [0, 0.05) is 43.7 Å². The number of carbonyl (C=O) groups excluding carboxylic acids is 3. The fourth-order valence-electron chi connectivity index (χ4n) is 8.25. The Morgan fingerprint density at radius 1 is 1.02 bits per heavy atom. The molecule has 7 atom stereocenters. The second-order valence-corrected chi connectivity index (χ2v) is 15.5. The number of amides is 4. The molecule has 0 spiro atoms. The van der Waals surface area contributed by atoms with Gasteiger partial charge in [0.05, 0.1) is 24.2 Å². The molecule has 3 fully saturated rings. The molecule has 3 heterocycles. The highest BCUT2D eigenvalue weighted by molar-refractivity contribution is 5.93. The summed E-state index contributed by atoms with van der Waals surface area (Å²) in [6, 6.07) is 4.88. The monoisotopic (exact) mass is 655 g/mol. The zero-order valence-corrected chi connectivity index (χ0v) is 28.5. The van der Waals surface area contributed by atoms with Crippen LogP contribution in [0.15, 0.2) is 24.3 Å². The molecule has 12 nitrogen and oxygen atoms in total. The number of benzene rings is 1. The van der Waals surface area contributed by atoms with Gasteiger partial charge in [-0.1, -0.05) is 65.2 Å². The number of hydrogen-bond acceptors (Lipinski definition) is 7. The fourth-order valence-corrected chi connectivity index (χ4v) is 8.25. The quantitative estimate of drug-likeness (QED) is 0.286. The highest BCUT2D eigenvalue weighted by Gasteiger charge is 2.50. The minimum absolute atomic E-state index is 0.108. The SMILES string of the molecule is C[C@H](C(=O)N[C@H](C(=O)N1C[C@H]2C[C@@](C)(O)CN2C[C@H]1C(=O)N[C@@H]1CCOc2ccccc21)C1CCCCC1)C(NC(=O)O)C(C)(C)C. The molecule has 1 aliphatic carbocycles. The minimum Gasteiger partial charge on any atom is -0.493 e. The van der Waals surface area contributed by atoms with Crippen LogP contribution in [0.25, 0.3) is 0 Å². The molecule has 2 saturated heterocycles. The summed E-state index contributed by atoms with van der Waals surface area (Å²) in [6.07, 6.45) is 4.35. The van der Waals surface area contributed by atoms with Crippen LogP contribution in [0.5, 0.6) is 5.75 Å². The lowest BCUT2D eigenvalue weighted by Crippen LogP contribution is -2.66. The number of hydrogen-bond donors (Lipinski definition) is 5. The molecule has 1 aromatic carbocycles. The first-order chi connectivity index (χ1) is 22.1. The summed E-state index contributed by atoms with van der Waals surface area (Å²) < 4.78 is 5.80. The van der Waals surface area contributed by atoms with Crippen molar-refractivity contribution in [2.75, 3.05) is 26.2 Å². The van der Waals surface area contributed by atoms with E-state index in [1.54, 1.807) is 18.7 Å². The van der Waals surface area contributed by atoms with Gasteiger partial charge in [0.1, 0.15) is 17.8 Å². The molecular formula is C35H53N5O7. The first kappa shape index (κ1) is 34.9. The maximum absolute atomic E-state index is 14.8. The maximum atomic E-state index is 14.8. The van der Waals surface area contributed by atoms with Crippen LogP contribution in [0.4, 0.5) is 4.79 Å². The lowest BCUT2D eigenvalue weighted by Gasteiger charge is -2.45. The number of carbonyl (C=O) groups is 4. The van der Waals surface area contributed by atoms with Gasteiger partial charge >= 0.3 is 6.09 Å². The normalized spacial score (nSPS) is 28.6. The molecule has 4 amide bonds. The Labute approximate surface area is 278 Å². The second-order valence-electron chi connectivity index (χ2n) is 15.5. The Morgan fingerprint density at radius 2 is 1.72 bits per heavy atom. The number of fused-ring (bicyclic) bond motifs is 2. The van der Waals surface area contributed by atoms with Crippen molar-refractivity contribution in [2.45, 2.75) is 115 Å². The summed E-state index contributed by atoms with van der Waals surface area (Å²) in [5.41, 5.74) is -0.593. The molecule has 1 aromatic rings. The predicted octanol–water partition coefficient (Wildman–Crippen LogP) is 3.05. The summed E-state index contributed by atoms with van der Waals surface area (Å²) in [4.78, 5) is 58.2. The van der Waals surface area contributed by atoms with Gasteiger partial charge in [-0.3, -0.25) is 19.3 Å². The lowest BCUT2D eigenvalue weighted by atomic mass is 9.78. The smallest absolute Gasteiger partial charge is 0.404 e. The average Bonchev–Trinajstić information content (AvgIpc) is 3.33. The average molecular weight is 656 g/mol. The number of nitrogens with zero attached hydrogens (tertiary/aromatic N) is 2. The van der Waals surface area contributed by atoms with E-state index in [-0.39, 0.29) is 42.9 Å². The first-order valence-electron chi connectivity index (χ1n) is 17.2. The van der Waals surface area contributed by atoms with Gasteiger partial charge < -0.3 is 35.8 Å². The third-order valence-electron chi connectivity index (χ3n) is 10.6. The van der Waals surface area contributed by atoms with Crippen molar-refractivity contribution in [3.63, 3.8) is 0 Å². The Morgan fingerprint density at radius 3 is 2.40 bits per heavy atom. The van der Waals surface area contributed by atoms with E-state index in [0.717, 1.165) is 43.4 Å². The summed E-state index contributed by atoms with van der Waals surface area (Å²) in [6.45, 7) is 10.5. The van der Waals surface area contributed by atoms with Crippen molar-refractivity contribution in [2.24, 2.45) is 17.3 Å². The van der Waals surface area contributed by atoms with E-state index >= 15 is 0 Å². The van der Waals surface area contributed by atoms with Crippen molar-refractivity contribution in [1.29, 1.82) is 0 Å². The molecule has 3 aliphatic heterocycles. The zero-order chi connectivity index (χ0) is 34.1. The Hall–Kier alpha value is -3.38. The van der Waals surface area contributed by atoms with E-state index in [1.807, 2.05) is 45.0 Å². The topological polar surface area (TPSA) is 161 Å². The summed E-state index contributed by atoms with van der Waals surface area (Å²) in [5.74, 6) is -1.09. The fraction of sp³-hybridized carbons (Fsp3) is 0.714. The number of para-hydroxylation sites is 1. The maximum Gasteiger partial charge on any atom is 0.404 e. The third kappa shape index (κ3) is 8.02. The molecule has 4 aliphatic rings. The van der Waals surface area contributed by atoms with Gasteiger partial charge in [-0.2, -0.15) is 0 Å². The van der Waals surface area contributed by atoms with Gasteiger partial charge in [-0.15, -0.1) is 0 Å². The van der Waals surface area contributed by atoms with Crippen LogP contribution >= 0.6 is 0 Å². The van der Waals surface area contributed by atoms with Crippen LogP contribution in [0.2, 0.25) is 0 Å². The van der Waals surface area contributed by atoms with Crippen LogP contribution in [0.1, 0.15) is 91.2 Å². The number of ether oxygens (including phenoxy) is 1. The van der Waals surface area contributed by atoms with Gasteiger partial charge in [0.15, 0.2) is 0 Å². The standard InChI is InChI=1S/C35H53N5O7/c1-21(29(34(2,3)4)38-33(44)45)30(41)37-28(22-11-7-6-8-12-22)32(43)40-18-23-17-35(5,46)20-39(23)19-26(40)31(42)36-25-15-16-47-27-14-10-9-13-24(25)27/h9-10,13-14,21-23,25-26,28-29,38,46H,6-8,11-12,15-20H2,1-5H3,(H,36,42)(H,37,41)(H,44,45)/t21-,23+,25+,26-,28-,29?,35+/m0/s1. The van der Waals surface area contributed by atoms with Crippen LogP contribution in [-0.4, -0.2) is 99.8 Å². The molecule has 12 heteroatoms. The third-order valence-corrected chi connectivity index (χ3v) is 10.6. The first-order valence-corrected chi connectivity index (χ1v) is 17.2. The van der Waals surface area contributed by atoms with E-state index < -0.39 is 47.1 Å². The van der Waals surface area contributed by atoms with Crippen LogP contribution in [0.3, 0.4) is 0 Å². The Balaban J connectivity index is 1.42. The largest absolute Gasteiger partial charge is 0.493 e. The Bertz CT molecular complexity index is 1320. The van der Waals surface area contributed by atoms with Gasteiger partial charge in [-0.05, 0) is 43.6 Å². The highest BCUT2D eigenvalue weighted by Crippen LogP contribution is 2.36. The lowest BCUT2D eigenvalue weighted by molar-refractivity contribution is -0.150. The molecule has 5 rings (SSSR count). The van der Waals surface area contributed by atoms with Crippen LogP contribution in [0, 0.1) is 17.3 Å². The van der Waals surface area contributed by atoms with Crippen molar-refractivity contribution in [3.05, 3.63) is 29.8 Å². The van der Waals surface area contributed by atoms with E-state index in [9.17, 15) is 29.4 Å². The van der Waals surface area contributed by atoms with E-state index in [4.69, 9.17) is 4.74 Å². The minimum atomic E-state index is -1.21. The molecule has 1 unspecified atom stereocenters. The molecule has 260 valence electrons. The zero-order valence-electron chi connectivity index (χ0n) is 28.5. The molecule has 0 bridgehead atoms. The number of piperazine rings is 1. The summed E-state index contributed by atoms with van der Waals surface area (Å²) in [5, 5.41) is 29.3. The summed E-state index contributed by atoms with van der Waals surface area (Å²) >= 11 is 0. The number of rotatable bonds is 8. The van der Waals surface area contributed by atoms with Gasteiger partial charge in [-0.25, -0.2) is 4.79 Å². The van der Waals surface area contributed by atoms with Crippen molar-refractivity contribution in [3.8, 4) is 5.75 Å². The molecule has 0 radical (unpaired) electrons. The molecule has 47 heavy (non-hydrogen) atoms. The van der Waals surface area contributed by atoms with Crippen molar-refractivity contribution >= 4 is 23.8 Å². The van der Waals surface area contributed by atoms with E-state index in [0.29, 0.717) is 26.0 Å². The highest BCUT2D eigenvalue weighted by atomic mass is 16.5. The van der Waals surface area contributed by atoms with Crippen LogP contribution < -0.4 is 20.7 Å². The summed E-state index contributed by atoms with van der Waals surface area (Å²) in [7, 11) is 0. The Kier molecular flexibility index (Phi) is 10.4. The van der Waals surface area contributed by atoms with Gasteiger partial charge in [0.25, 0.3) is 0 Å². The van der Waals surface area contributed by atoms with Crippen LogP contribution in [-0.2, 0) is 14.4 Å². The predicted molar refractivity (Wildman–Crippen MR) is 176 cm³/mol. The number of carboxylic acid groups (broad SMARTS) is 1. The van der Waals surface area contributed by atoms with Gasteiger partial charge in [0.2, 0.25) is 17.7 Å². The van der Waals surface area contributed by atoms with Crippen molar-refractivity contribution in [1.82, 2.24) is 25.8 Å². The van der Waals surface area contributed by atoms with E-state index in [1.165, 1.54) is 0 Å². The molecule has 1 saturated carbocycles. The van der Waals surface area contributed by atoms with Crippen molar-refractivity contribution < 1.29 is 34.1 Å². The molecular weight excluding hydrogens is 602 g/mol. The number of nitrogens with one attached hydrogen (secondary N) is 3. The van der Waals surface area contributed by atoms with E-state index in [2.05, 4.69) is 20.9 Å². The molecule has 0 aromatic heterocycles. The second kappa shape index (κ2) is 14.0. The molecule has 5 N–H and O–H groups in total. The number of aliphatic hydroxyl groups is 1.